The van der Waals surface area contributed by atoms with Gasteiger partial charge >= 0.3 is 0 Å². The van der Waals surface area contributed by atoms with Gasteiger partial charge in [-0.25, -0.2) is 16.8 Å². The van der Waals surface area contributed by atoms with Crippen molar-refractivity contribution in [2.75, 3.05) is 9.80 Å². The third-order valence-electron chi connectivity index (χ3n) is 8.54. The number of para-hydroxylation sites is 4. The topological polar surface area (TPSA) is 74.8 Å². The Kier molecular flexibility index (Phi) is 7.13. The molecule has 0 N–H and O–H groups in total. The first kappa shape index (κ1) is 29.7. The molecule has 2 aliphatic heterocycles. The van der Waals surface area contributed by atoms with Crippen molar-refractivity contribution in [2.24, 2.45) is 0 Å². The smallest absolute Gasteiger partial charge is 0.208 e. The Balaban J connectivity index is 1.17. The normalized spacial score (nSPS) is 15.2. The van der Waals surface area contributed by atoms with Crippen LogP contribution in [0.25, 0.3) is 12.2 Å². The average Bonchev–Trinajstić information content (AvgIpc) is 3.54. The molecule has 0 bridgehead atoms. The molecule has 0 fully saturated rings. The molecular weight excluding hydrogens is 637 g/mol. The Morgan fingerprint density at radius 2 is 0.625 bits per heavy atom. The molecule has 0 saturated carbocycles. The second kappa shape index (κ2) is 11.5. The zero-order chi connectivity index (χ0) is 32.9. The van der Waals surface area contributed by atoms with Crippen LogP contribution in [-0.4, -0.2) is 16.8 Å². The molecule has 6 nitrogen and oxygen atoms in total. The first-order valence-corrected chi connectivity index (χ1v) is 18.3. The van der Waals surface area contributed by atoms with Crippen molar-refractivity contribution in [2.45, 2.75) is 9.79 Å². The van der Waals surface area contributed by atoms with Crippen LogP contribution in [0.1, 0.15) is 11.1 Å². The van der Waals surface area contributed by atoms with E-state index in [0.29, 0.717) is 22.5 Å². The summed E-state index contributed by atoms with van der Waals surface area (Å²) in [7, 11) is -8.35. The highest BCUT2D eigenvalue weighted by Gasteiger charge is 2.41. The SMILES string of the molecule is O=S1(=O)C(C2=Cc3ccc(N(c4ccccc4)c4ccccc4)cc3S2(=O)=O)=Cc2ccc(N(c3ccccc3)c3ccccc3)cc21. The van der Waals surface area contributed by atoms with Gasteiger partial charge in [0.1, 0.15) is 0 Å². The van der Waals surface area contributed by atoms with Gasteiger partial charge in [0, 0.05) is 34.1 Å². The highest BCUT2D eigenvalue weighted by molar-refractivity contribution is 8.01. The molecule has 0 aromatic heterocycles. The van der Waals surface area contributed by atoms with Gasteiger partial charge < -0.3 is 9.80 Å². The molecule has 0 spiro atoms. The largest absolute Gasteiger partial charge is 0.310 e. The molecule has 2 heterocycles. The minimum Gasteiger partial charge on any atom is -0.310 e. The number of hydrogen-bond acceptors (Lipinski definition) is 6. The predicted molar refractivity (Wildman–Crippen MR) is 193 cm³/mol. The van der Waals surface area contributed by atoms with Crippen molar-refractivity contribution in [1.29, 1.82) is 0 Å². The van der Waals surface area contributed by atoms with Gasteiger partial charge in [-0.05, 0) is 96.1 Å². The summed E-state index contributed by atoms with van der Waals surface area (Å²) in [6.45, 7) is 0. The second-order valence-corrected chi connectivity index (χ2v) is 15.3. The molecule has 0 atom stereocenters. The van der Waals surface area contributed by atoms with Gasteiger partial charge in [-0.2, -0.15) is 0 Å². The molecule has 234 valence electrons. The van der Waals surface area contributed by atoms with Crippen LogP contribution in [0.5, 0.6) is 0 Å². The lowest BCUT2D eigenvalue weighted by molar-refractivity contribution is 0.598. The van der Waals surface area contributed by atoms with Crippen molar-refractivity contribution in [1.82, 2.24) is 0 Å². The molecule has 6 aromatic carbocycles. The molecule has 0 unspecified atom stereocenters. The first-order chi connectivity index (χ1) is 23.3. The summed E-state index contributed by atoms with van der Waals surface area (Å²) >= 11 is 0. The lowest BCUT2D eigenvalue weighted by Crippen LogP contribution is -2.12. The zero-order valence-electron chi connectivity index (χ0n) is 25.5. The van der Waals surface area contributed by atoms with Gasteiger partial charge in [0.2, 0.25) is 19.7 Å². The minimum atomic E-state index is -4.17. The Morgan fingerprint density at radius 1 is 0.333 bits per heavy atom. The minimum absolute atomic E-state index is 0.0685. The molecule has 2 aliphatic rings. The fourth-order valence-corrected chi connectivity index (χ4v) is 10.1. The van der Waals surface area contributed by atoms with Crippen LogP contribution in [0.2, 0.25) is 0 Å². The number of anilines is 6. The van der Waals surface area contributed by atoms with Crippen LogP contribution in [0.3, 0.4) is 0 Å². The summed E-state index contributed by atoms with van der Waals surface area (Å²) < 4.78 is 56.8. The molecule has 6 aromatic rings. The molecule has 0 amide bonds. The lowest BCUT2D eigenvalue weighted by Gasteiger charge is -2.26. The van der Waals surface area contributed by atoms with Crippen molar-refractivity contribution >= 4 is 66.0 Å². The summed E-state index contributed by atoms with van der Waals surface area (Å²) in [6, 6.07) is 49.2. The van der Waals surface area contributed by atoms with E-state index in [4.69, 9.17) is 0 Å². The summed E-state index contributed by atoms with van der Waals surface area (Å²) in [6.07, 6.45) is 2.94. The Labute approximate surface area is 280 Å². The van der Waals surface area contributed by atoms with Crippen LogP contribution >= 0.6 is 0 Å². The number of sulfone groups is 2. The zero-order valence-corrected chi connectivity index (χ0v) is 27.1. The van der Waals surface area contributed by atoms with Crippen LogP contribution in [0, 0.1) is 0 Å². The second-order valence-electron chi connectivity index (χ2n) is 11.5. The maximum absolute atomic E-state index is 14.2. The Bertz CT molecular complexity index is 2210. The summed E-state index contributed by atoms with van der Waals surface area (Å²) in [4.78, 5) is 3.64. The predicted octanol–water partition coefficient (Wildman–Crippen LogP) is 9.58. The van der Waals surface area contributed by atoms with Crippen molar-refractivity contribution in [3.63, 3.8) is 0 Å². The quantitative estimate of drug-likeness (QED) is 0.169. The van der Waals surface area contributed by atoms with Gasteiger partial charge in [-0.15, -0.1) is 0 Å². The van der Waals surface area contributed by atoms with Gasteiger partial charge in [0.25, 0.3) is 0 Å². The van der Waals surface area contributed by atoms with Crippen LogP contribution in [0.4, 0.5) is 34.1 Å². The third kappa shape index (κ3) is 4.94. The summed E-state index contributed by atoms with van der Waals surface area (Å²) in [5.74, 6) is 0. The van der Waals surface area contributed by atoms with E-state index >= 15 is 0 Å². The van der Waals surface area contributed by atoms with E-state index in [-0.39, 0.29) is 19.6 Å². The van der Waals surface area contributed by atoms with Crippen molar-refractivity contribution in [3.8, 4) is 0 Å². The van der Waals surface area contributed by atoms with Gasteiger partial charge in [0.05, 0.1) is 19.6 Å². The summed E-state index contributed by atoms with van der Waals surface area (Å²) in [5, 5.41) is 0. The molecule has 0 saturated heterocycles. The lowest BCUT2D eigenvalue weighted by atomic mass is 10.1. The van der Waals surface area contributed by atoms with E-state index in [0.717, 1.165) is 22.7 Å². The third-order valence-corrected chi connectivity index (χ3v) is 12.4. The highest BCUT2D eigenvalue weighted by atomic mass is 32.2. The molecule has 0 aliphatic carbocycles. The van der Waals surface area contributed by atoms with Crippen LogP contribution in [0.15, 0.2) is 177 Å². The van der Waals surface area contributed by atoms with Crippen LogP contribution in [-0.2, 0) is 19.7 Å². The first-order valence-electron chi connectivity index (χ1n) is 15.3. The van der Waals surface area contributed by atoms with E-state index in [1.54, 1.807) is 24.3 Å². The molecular formula is C40H28N2O4S2. The fourth-order valence-electron chi connectivity index (χ4n) is 6.31. The number of rotatable bonds is 7. The molecule has 0 radical (unpaired) electrons. The van der Waals surface area contributed by atoms with Gasteiger partial charge in [-0.1, -0.05) is 84.9 Å². The maximum Gasteiger partial charge on any atom is 0.208 e. The number of fused-ring (bicyclic) bond motifs is 2. The fraction of sp³-hybridized carbons (Fsp3) is 0. The van der Waals surface area contributed by atoms with E-state index in [9.17, 15) is 16.8 Å². The monoisotopic (exact) mass is 664 g/mol. The van der Waals surface area contributed by atoms with E-state index in [2.05, 4.69) is 0 Å². The molecule has 8 rings (SSSR count). The van der Waals surface area contributed by atoms with E-state index in [1.165, 1.54) is 12.2 Å². The van der Waals surface area contributed by atoms with Crippen LogP contribution < -0.4 is 9.80 Å². The maximum atomic E-state index is 14.2. The number of hydrogen-bond donors (Lipinski definition) is 0. The highest BCUT2D eigenvalue weighted by Crippen LogP contribution is 2.48. The van der Waals surface area contributed by atoms with E-state index < -0.39 is 19.7 Å². The Morgan fingerprint density at radius 3 is 0.917 bits per heavy atom. The molecule has 8 heteroatoms. The van der Waals surface area contributed by atoms with E-state index in [1.807, 2.05) is 143 Å². The number of nitrogens with zero attached hydrogens (tertiary/aromatic N) is 2. The van der Waals surface area contributed by atoms with Crippen molar-refractivity contribution in [3.05, 3.63) is 179 Å². The van der Waals surface area contributed by atoms with Gasteiger partial charge in [0.15, 0.2) is 0 Å². The van der Waals surface area contributed by atoms with Gasteiger partial charge in [-0.3, -0.25) is 0 Å². The Hall–Kier alpha value is -5.70. The summed E-state index contributed by atoms with van der Waals surface area (Å²) in [5.41, 5.74) is 5.62. The standard InChI is InChI=1S/C40H28N2O4S2/c43-47(44)37-27-35(41(31-13-5-1-6-14-31)32-15-7-2-8-16-32)23-21-29(37)25-39(47)40-26-30-22-24-36(28-38(30)48(40,45)46)42(33-17-9-3-10-18-33)34-19-11-4-12-20-34/h1-28H. The molecule has 48 heavy (non-hydrogen) atoms. The van der Waals surface area contributed by atoms with Crippen molar-refractivity contribution < 1.29 is 16.8 Å². The number of benzene rings is 6. The average molecular weight is 665 g/mol.